The first-order valence-electron chi connectivity index (χ1n) is 8.72. The fourth-order valence-corrected chi connectivity index (χ4v) is 3.23. The Labute approximate surface area is 164 Å². The minimum Gasteiger partial charge on any atom is -0.319 e. The quantitative estimate of drug-likeness (QED) is 0.438. The van der Waals surface area contributed by atoms with E-state index in [0.29, 0.717) is 11.6 Å². The number of imide groups is 1. The Morgan fingerprint density at radius 3 is 2.55 bits per heavy atom. The van der Waals surface area contributed by atoms with Gasteiger partial charge in [-0.05, 0) is 24.1 Å². The average Bonchev–Trinajstić information content (AvgIpc) is 2.95. The first-order valence-corrected chi connectivity index (χ1v) is 8.72. The summed E-state index contributed by atoms with van der Waals surface area (Å²) in [4.78, 5) is 48.7. The maximum atomic E-state index is 13.2. The first-order chi connectivity index (χ1) is 13.8. The fourth-order valence-electron chi connectivity index (χ4n) is 3.23. The van der Waals surface area contributed by atoms with Crippen LogP contribution in [0.2, 0.25) is 0 Å². The normalized spacial score (nSPS) is 18.5. The van der Waals surface area contributed by atoms with E-state index in [1.54, 1.807) is 37.3 Å². The van der Waals surface area contributed by atoms with E-state index in [2.05, 4.69) is 10.6 Å². The summed E-state index contributed by atoms with van der Waals surface area (Å²) in [5.74, 6) is -2.26. The summed E-state index contributed by atoms with van der Waals surface area (Å²) >= 11 is 0. The predicted octanol–water partition coefficient (Wildman–Crippen LogP) is 2.53. The van der Waals surface area contributed by atoms with Crippen LogP contribution in [0.3, 0.4) is 0 Å². The zero-order valence-electron chi connectivity index (χ0n) is 15.3. The van der Waals surface area contributed by atoms with Crippen molar-refractivity contribution in [2.45, 2.75) is 18.9 Å². The maximum absolute atomic E-state index is 13.2. The molecule has 1 fully saturated rings. The molecule has 1 heterocycles. The Hall–Kier alpha value is -3.82. The van der Waals surface area contributed by atoms with Crippen LogP contribution in [0.1, 0.15) is 18.9 Å². The Bertz CT molecular complexity index is 997. The van der Waals surface area contributed by atoms with Gasteiger partial charge in [0.2, 0.25) is 5.91 Å². The molecule has 4 amide bonds. The van der Waals surface area contributed by atoms with Crippen molar-refractivity contribution in [3.63, 3.8) is 0 Å². The lowest BCUT2D eigenvalue weighted by molar-refractivity contribution is -0.384. The van der Waals surface area contributed by atoms with Crippen molar-refractivity contribution in [1.29, 1.82) is 0 Å². The van der Waals surface area contributed by atoms with Crippen LogP contribution < -0.4 is 10.6 Å². The predicted molar refractivity (Wildman–Crippen MR) is 100 cm³/mol. The zero-order valence-corrected chi connectivity index (χ0v) is 15.3. The molecular formula is C19H17FN4O5. The van der Waals surface area contributed by atoms with E-state index in [4.69, 9.17) is 0 Å². The van der Waals surface area contributed by atoms with Gasteiger partial charge in [-0.3, -0.25) is 24.6 Å². The zero-order chi connectivity index (χ0) is 21.2. The number of benzene rings is 2. The molecule has 1 aliphatic rings. The lowest BCUT2D eigenvalue weighted by Crippen LogP contribution is -2.44. The lowest BCUT2D eigenvalue weighted by atomic mass is 9.87. The number of nitrogens with zero attached hydrogens (tertiary/aromatic N) is 2. The standard InChI is InChI=1S/C19H17FN4O5/c1-2-19(12-6-4-3-5-7-12)17(26)23(18(27)22-19)11-16(25)21-14-9-8-13(20)10-15(14)24(28)29/h3-10H,2,11H2,1H3,(H,21,25)(H,22,27)/t19-/m0/s1. The van der Waals surface area contributed by atoms with E-state index in [-0.39, 0.29) is 12.1 Å². The van der Waals surface area contributed by atoms with Gasteiger partial charge in [-0.1, -0.05) is 37.3 Å². The molecule has 10 heteroatoms. The maximum Gasteiger partial charge on any atom is 0.325 e. The molecule has 0 bridgehead atoms. The number of halogens is 1. The highest BCUT2D eigenvalue weighted by Gasteiger charge is 2.51. The number of anilines is 1. The van der Waals surface area contributed by atoms with E-state index < -0.39 is 46.4 Å². The third kappa shape index (κ3) is 3.64. The fraction of sp³-hybridized carbons (Fsp3) is 0.211. The number of carbonyl (C=O) groups excluding carboxylic acids is 3. The van der Waals surface area contributed by atoms with E-state index >= 15 is 0 Å². The monoisotopic (exact) mass is 400 g/mol. The second kappa shape index (κ2) is 7.66. The van der Waals surface area contributed by atoms with Gasteiger partial charge in [-0.25, -0.2) is 9.18 Å². The van der Waals surface area contributed by atoms with Gasteiger partial charge in [0, 0.05) is 0 Å². The molecule has 0 aromatic heterocycles. The molecule has 0 aliphatic carbocycles. The van der Waals surface area contributed by atoms with Crippen LogP contribution in [0.15, 0.2) is 48.5 Å². The van der Waals surface area contributed by atoms with E-state index in [0.717, 1.165) is 17.0 Å². The highest BCUT2D eigenvalue weighted by molar-refractivity contribution is 6.10. The number of hydrogen-bond acceptors (Lipinski definition) is 5. The van der Waals surface area contributed by atoms with Gasteiger partial charge in [-0.15, -0.1) is 0 Å². The summed E-state index contributed by atoms with van der Waals surface area (Å²) in [6.45, 7) is 1.09. The van der Waals surface area contributed by atoms with Crippen molar-refractivity contribution < 1.29 is 23.7 Å². The second-order valence-electron chi connectivity index (χ2n) is 6.41. The lowest BCUT2D eigenvalue weighted by Gasteiger charge is -2.25. The number of nitro groups is 1. The summed E-state index contributed by atoms with van der Waals surface area (Å²) in [5, 5.41) is 15.9. The Balaban J connectivity index is 1.80. The molecular weight excluding hydrogens is 383 g/mol. The van der Waals surface area contributed by atoms with Crippen LogP contribution in [-0.2, 0) is 15.1 Å². The molecule has 0 unspecified atom stereocenters. The number of rotatable bonds is 6. The SMILES string of the molecule is CC[C@@]1(c2ccccc2)NC(=O)N(CC(=O)Nc2ccc(F)cc2[N+](=O)[O-])C1=O. The number of hydrogen-bond donors (Lipinski definition) is 2. The van der Waals surface area contributed by atoms with Crippen LogP contribution in [0.5, 0.6) is 0 Å². The number of nitrogens with one attached hydrogen (secondary N) is 2. The van der Waals surface area contributed by atoms with Crippen LogP contribution in [0.4, 0.5) is 20.6 Å². The van der Waals surface area contributed by atoms with E-state index in [9.17, 15) is 28.9 Å². The van der Waals surface area contributed by atoms with Crippen molar-refractivity contribution in [2.24, 2.45) is 0 Å². The highest BCUT2D eigenvalue weighted by atomic mass is 19.1. The molecule has 3 rings (SSSR count). The molecule has 2 aromatic rings. The van der Waals surface area contributed by atoms with Crippen molar-refractivity contribution in [3.05, 3.63) is 70.0 Å². The van der Waals surface area contributed by atoms with E-state index in [1.165, 1.54) is 0 Å². The van der Waals surface area contributed by atoms with Crippen molar-refractivity contribution >= 4 is 29.2 Å². The average molecular weight is 400 g/mol. The van der Waals surface area contributed by atoms with Crippen molar-refractivity contribution in [2.75, 3.05) is 11.9 Å². The van der Waals surface area contributed by atoms with Gasteiger partial charge in [0.25, 0.3) is 11.6 Å². The molecule has 1 atom stereocenters. The van der Waals surface area contributed by atoms with Crippen LogP contribution in [0, 0.1) is 15.9 Å². The molecule has 0 radical (unpaired) electrons. The Morgan fingerprint density at radius 1 is 1.24 bits per heavy atom. The van der Waals surface area contributed by atoms with Crippen molar-refractivity contribution in [1.82, 2.24) is 10.2 Å². The topological polar surface area (TPSA) is 122 Å². The van der Waals surface area contributed by atoms with Gasteiger partial charge in [-0.2, -0.15) is 0 Å². The molecule has 29 heavy (non-hydrogen) atoms. The van der Waals surface area contributed by atoms with Crippen LogP contribution in [-0.4, -0.2) is 34.2 Å². The number of nitro benzene ring substituents is 1. The summed E-state index contributed by atoms with van der Waals surface area (Å²) < 4.78 is 13.2. The first kappa shape index (κ1) is 19.9. The van der Waals surface area contributed by atoms with Crippen LogP contribution in [0.25, 0.3) is 0 Å². The van der Waals surface area contributed by atoms with Gasteiger partial charge < -0.3 is 10.6 Å². The molecule has 2 aromatic carbocycles. The van der Waals surface area contributed by atoms with Gasteiger partial charge >= 0.3 is 6.03 Å². The van der Waals surface area contributed by atoms with E-state index in [1.807, 2.05) is 0 Å². The molecule has 0 saturated carbocycles. The summed E-state index contributed by atoms with van der Waals surface area (Å²) in [6.07, 6.45) is 0.267. The Kier molecular flexibility index (Phi) is 5.26. The minimum absolute atomic E-state index is 0.238. The Morgan fingerprint density at radius 2 is 1.93 bits per heavy atom. The van der Waals surface area contributed by atoms with Crippen molar-refractivity contribution in [3.8, 4) is 0 Å². The van der Waals surface area contributed by atoms with Gasteiger partial charge in [0.15, 0.2) is 0 Å². The molecule has 1 saturated heterocycles. The molecule has 2 N–H and O–H groups in total. The summed E-state index contributed by atoms with van der Waals surface area (Å²) in [6, 6.07) is 10.6. The number of carbonyl (C=O) groups is 3. The number of urea groups is 1. The van der Waals surface area contributed by atoms with Crippen LogP contribution >= 0.6 is 0 Å². The number of amides is 4. The largest absolute Gasteiger partial charge is 0.325 e. The summed E-state index contributed by atoms with van der Waals surface area (Å²) in [7, 11) is 0. The summed E-state index contributed by atoms with van der Waals surface area (Å²) in [5.41, 5.74) is -1.58. The van der Waals surface area contributed by atoms with Gasteiger partial charge in [0.1, 0.15) is 23.6 Å². The third-order valence-corrected chi connectivity index (χ3v) is 4.70. The third-order valence-electron chi connectivity index (χ3n) is 4.70. The second-order valence-corrected chi connectivity index (χ2v) is 6.41. The molecule has 0 spiro atoms. The van der Waals surface area contributed by atoms with Gasteiger partial charge in [0.05, 0.1) is 11.0 Å². The minimum atomic E-state index is -1.29. The molecule has 9 nitrogen and oxygen atoms in total. The molecule has 1 aliphatic heterocycles. The molecule has 150 valence electrons. The smallest absolute Gasteiger partial charge is 0.319 e. The highest BCUT2D eigenvalue weighted by Crippen LogP contribution is 2.32.